The van der Waals surface area contributed by atoms with E-state index in [9.17, 15) is 18.0 Å². The van der Waals surface area contributed by atoms with Crippen molar-refractivity contribution in [3.8, 4) is 5.75 Å². The van der Waals surface area contributed by atoms with Gasteiger partial charge in [0.1, 0.15) is 11.3 Å². The van der Waals surface area contributed by atoms with E-state index in [1.165, 1.54) is 0 Å². The molecule has 1 N–H and O–H groups in total. The maximum Gasteiger partial charge on any atom is 0.340 e. The number of benzene rings is 2. The summed E-state index contributed by atoms with van der Waals surface area (Å²) in [6, 6.07) is 11.0. The molecule has 30 heavy (non-hydrogen) atoms. The predicted molar refractivity (Wildman–Crippen MR) is 117 cm³/mol. The number of amides is 1. The molecule has 3 aromatic rings. The van der Waals surface area contributed by atoms with E-state index in [4.69, 9.17) is 9.15 Å². The fourth-order valence-electron chi connectivity index (χ4n) is 3.14. The van der Waals surface area contributed by atoms with Gasteiger partial charge < -0.3 is 9.15 Å². The second-order valence-corrected chi connectivity index (χ2v) is 9.68. The number of hydrogen-bond acceptors (Lipinski definition) is 6. The van der Waals surface area contributed by atoms with Crippen molar-refractivity contribution in [3.63, 3.8) is 0 Å². The monoisotopic (exact) mass is 493 g/mol. The van der Waals surface area contributed by atoms with Crippen LogP contribution in [0.4, 0.5) is 0 Å². The molecule has 9 heteroatoms. The van der Waals surface area contributed by atoms with Gasteiger partial charge in [0, 0.05) is 16.5 Å². The topological polar surface area (TPSA) is 103 Å². The largest absolute Gasteiger partial charge is 0.483 e. The van der Waals surface area contributed by atoms with Crippen molar-refractivity contribution < 1.29 is 22.4 Å². The molecule has 0 atom stereocenters. The highest BCUT2D eigenvalue weighted by Gasteiger charge is 2.18. The van der Waals surface area contributed by atoms with E-state index in [2.05, 4.69) is 15.9 Å². The zero-order valence-corrected chi connectivity index (χ0v) is 19.0. The Morgan fingerprint density at radius 3 is 2.47 bits per heavy atom. The molecule has 0 aliphatic rings. The number of ether oxygens (including phenoxy) is 1. The van der Waals surface area contributed by atoms with E-state index < -0.39 is 28.2 Å². The molecule has 1 amide bonds. The van der Waals surface area contributed by atoms with Crippen LogP contribution in [-0.4, -0.2) is 27.2 Å². The molecule has 7 nitrogen and oxygen atoms in total. The molecule has 0 fully saturated rings. The third-order valence-corrected chi connectivity index (χ3v) is 5.57. The molecule has 0 aliphatic carbocycles. The first-order valence-electron chi connectivity index (χ1n) is 8.98. The number of sulfonamides is 1. The van der Waals surface area contributed by atoms with Gasteiger partial charge in [0.2, 0.25) is 10.0 Å². The molecule has 0 unspecified atom stereocenters. The molecule has 1 aromatic heterocycles. The quantitative estimate of drug-likeness (QED) is 0.528. The van der Waals surface area contributed by atoms with E-state index in [0.29, 0.717) is 34.3 Å². The molecule has 0 saturated heterocycles. The highest BCUT2D eigenvalue weighted by atomic mass is 79.9. The summed E-state index contributed by atoms with van der Waals surface area (Å²) in [5, 5.41) is 0.569. The van der Waals surface area contributed by atoms with Gasteiger partial charge in [-0.25, -0.2) is 13.2 Å². The zero-order valence-electron chi connectivity index (χ0n) is 16.6. The Bertz CT molecular complexity index is 1280. The molecule has 2 aromatic carbocycles. The average Bonchev–Trinajstić information content (AvgIpc) is 2.63. The van der Waals surface area contributed by atoms with Crippen LogP contribution in [0.5, 0.6) is 5.75 Å². The van der Waals surface area contributed by atoms with Gasteiger partial charge in [0.25, 0.3) is 5.91 Å². The minimum absolute atomic E-state index is 0.340. The van der Waals surface area contributed by atoms with Crippen molar-refractivity contribution >= 4 is 42.8 Å². The standard InChI is InChI=1S/C21H20BrNO6S/c1-12-8-17(28-11-19(24)23-30(3,26)27)20-13(2)16(21(25)29-18(20)9-12)10-14-4-6-15(22)7-5-14/h4-9H,10-11H2,1-3H3,(H,23,24). The van der Waals surface area contributed by atoms with Gasteiger partial charge in [-0.1, -0.05) is 28.1 Å². The number of hydrogen-bond donors (Lipinski definition) is 1. The molecule has 0 saturated carbocycles. The Morgan fingerprint density at radius 1 is 1.17 bits per heavy atom. The summed E-state index contributed by atoms with van der Waals surface area (Å²) in [5.74, 6) is -0.454. The molecular formula is C21H20BrNO6S. The molecule has 0 radical (unpaired) electrons. The summed E-state index contributed by atoms with van der Waals surface area (Å²) < 4.78 is 36.4. The van der Waals surface area contributed by atoms with Gasteiger partial charge in [0.15, 0.2) is 6.61 Å². The molecule has 0 spiro atoms. The third kappa shape index (κ3) is 5.28. The minimum Gasteiger partial charge on any atom is -0.483 e. The van der Waals surface area contributed by atoms with Crippen LogP contribution in [0.3, 0.4) is 0 Å². The Kier molecular flexibility index (Phi) is 6.33. The van der Waals surface area contributed by atoms with Gasteiger partial charge >= 0.3 is 5.63 Å². The van der Waals surface area contributed by atoms with Crippen LogP contribution in [0.1, 0.15) is 22.3 Å². The normalized spacial score (nSPS) is 11.5. The predicted octanol–water partition coefficient (Wildman–Crippen LogP) is 3.22. The summed E-state index contributed by atoms with van der Waals surface area (Å²) in [4.78, 5) is 24.5. The molecular weight excluding hydrogens is 474 g/mol. The molecule has 0 aliphatic heterocycles. The maximum atomic E-state index is 12.6. The Labute approximate surface area is 182 Å². The minimum atomic E-state index is -3.68. The number of halogens is 1. The van der Waals surface area contributed by atoms with Crippen molar-refractivity contribution in [2.24, 2.45) is 0 Å². The third-order valence-electron chi connectivity index (χ3n) is 4.44. The van der Waals surface area contributed by atoms with E-state index >= 15 is 0 Å². The van der Waals surface area contributed by atoms with Crippen molar-refractivity contribution in [1.29, 1.82) is 0 Å². The summed E-state index contributed by atoms with van der Waals surface area (Å²) in [6.45, 7) is 3.10. The summed E-state index contributed by atoms with van der Waals surface area (Å²) >= 11 is 3.39. The SMILES string of the molecule is Cc1cc(OCC(=O)NS(C)(=O)=O)c2c(C)c(Cc3ccc(Br)cc3)c(=O)oc2c1. The van der Waals surface area contributed by atoms with Gasteiger partial charge in [-0.3, -0.25) is 9.52 Å². The number of aryl methyl sites for hydroxylation is 2. The lowest BCUT2D eigenvalue weighted by atomic mass is 9.98. The lowest BCUT2D eigenvalue weighted by molar-refractivity contribution is -0.121. The fourth-order valence-corrected chi connectivity index (χ4v) is 3.88. The molecule has 158 valence electrons. The van der Waals surface area contributed by atoms with Gasteiger partial charge in [-0.15, -0.1) is 0 Å². The average molecular weight is 494 g/mol. The van der Waals surface area contributed by atoms with Gasteiger partial charge in [-0.2, -0.15) is 0 Å². The first-order chi connectivity index (χ1) is 14.0. The summed E-state index contributed by atoms with van der Waals surface area (Å²) in [7, 11) is -3.68. The summed E-state index contributed by atoms with van der Waals surface area (Å²) in [5.41, 5.74) is 2.78. The second-order valence-electron chi connectivity index (χ2n) is 7.02. The lowest BCUT2D eigenvalue weighted by Crippen LogP contribution is -2.33. The first kappa shape index (κ1) is 22.0. The first-order valence-corrected chi connectivity index (χ1v) is 11.7. The van der Waals surface area contributed by atoms with Gasteiger partial charge in [0.05, 0.1) is 11.6 Å². The van der Waals surface area contributed by atoms with Crippen molar-refractivity contribution in [1.82, 2.24) is 4.72 Å². The van der Waals surface area contributed by atoms with Crippen LogP contribution in [0, 0.1) is 13.8 Å². The van der Waals surface area contributed by atoms with Crippen LogP contribution in [0.25, 0.3) is 11.0 Å². The number of carbonyl (C=O) groups is 1. The number of carbonyl (C=O) groups excluding carboxylic acids is 1. The van der Waals surface area contributed by atoms with Crippen LogP contribution < -0.4 is 15.1 Å². The van der Waals surface area contributed by atoms with Gasteiger partial charge in [-0.05, 0) is 54.8 Å². The van der Waals surface area contributed by atoms with Crippen LogP contribution in [0.15, 0.2) is 50.1 Å². The van der Waals surface area contributed by atoms with Crippen LogP contribution >= 0.6 is 15.9 Å². The highest BCUT2D eigenvalue weighted by molar-refractivity contribution is 9.10. The summed E-state index contributed by atoms with van der Waals surface area (Å²) in [6.07, 6.45) is 1.26. The van der Waals surface area contributed by atoms with Crippen LogP contribution in [0.2, 0.25) is 0 Å². The Morgan fingerprint density at radius 2 is 1.83 bits per heavy atom. The number of nitrogens with one attached hydrogen (secondary N) is 1. The highest BCUT2D eigenvalue weighted by Crippen LogP contribution is 2.31. The smallest absolute Gasteiger partial charge is 0.340 e. The van der Waals surface area contributed by atoms with Crippen LogP contribution in [-0.2, 0) is 21.2 Å². The molecule has 1 heterocycles. The Balaban J connectivity index is 2.02. The van der Waals surface area contributed by atoms with E-state index in [1.807, 2.05) is 29.0 Å². The zero-order chi connectivity index (χ0) is 22.1. The second kappa shape index (κ2) is 8.61. The number of rotatable bonds is 6. The van der Waals surface area contributed by atoms with Crippen molar-refractivity contribution in [2.45, 2.75) is 20.3 Å². The Hall–Kier alpha value is -2.65. The fraction of sp³-hybridized carbons (Fsp3) is 0.238. The van der Waals surface area contributed by atoms with Crippen molar-refractivity contribution in [3.05, 3.63) is 73.5 Å². The number of fused-ring (bicyclic) bond motifs is 1. The van der Waals surface area contributed by atoms with E-state index in [0.717, 1.165) is 21.9 Å². The van der Waals surface area contributed by atoms with Crippen molar-refractivity contribution in [2.75, 3.05) is 12.9 Å². The lowest BCUT2D eigenvalue weighted by Gasteiger charge is -2.14. The molecule has 3 rings (SSSR count). The maximum absolute atomic E-state index is 12.6. The van der Waals surface area contributed by atoms with E-state index in [1.54, 1.807) is 26.0 Å². The molecule has 0 bridgehead atoms. The van der Waals surface area contributed by atoms with E-state index in [-0.39, 0.29) is 0 Å².